The Hall–Kier alpha value is -1.49. The molecule has 124 valence electrons. The number of likely N-dealkylation sites (tertiary alicyclic amines) is 1. The number of furan rings is 1. The van der Waals surface area contributed by atoms with E-state index in [1.807, 2.05) is 13.1 Å². The van der Waals surface area contributed by atoms with Gasteiger partial charge in [-0.2, -0.15) is 0 Å². The van der Waals surface area contributed by atoms with Gasteiger partial charge in [0.1, 0.15) is 5.76 Å². The molecule has 22 heavy (non-hydrogen) atoms. The number of guanidine groups is 1. The van der Waals surface area contributed by atoms with Crippen molar-refractivity contribution in [3.05, 3.63) is 24.2 Å². The predicted octanol–water partition coefficient (Wildman–Crippen LogP) is 2.77. The van der Waals surface area contributed by atoms with Gasteiger partial charge in [-0.1, -0.05) is 19.8 Å². The van der Waals surface area contributed by atoms with E-state index in [1.165, 1.54) is 32.1 Å². The molecule has 1 aromatic heterocycles. The molecule has 2 rings (SSSR count). The molecule has 0 bridgehead atoms. The number of nitrogens with one attached hydrogen (secondary N) is 2. The Bertz CT molecular complexity index is 424. The van der Waals surface area contributed by atoms with Crippen LogP contribution in [0.25, 0.3) is 0 Å². The van der Waals surface area contributed by atoms with Crippen molar-refractivity contribution in [3.63, 3.8) is 0 Å². The Balaban J connectivity index is 1.84. The first-order valence-corrected chi connectivity index (χ1v) is 8.57. The summed E-state index contributed by atoms with van der Waals surface area (Å²) in [5, 5.41) is 6.83. The highest BCUT2D eigenvalue weighted by molar-refractivity contribution is 5.79. The summed E-state index contributed by atoms with van der Waals surface area (Å²) in [7, 11) is 1.83. The molecule has 0 spiro atoms. The van der Waals surface area contributed by atoms with Crippen molar-refractivity contribution < 1.29 is 4.42 Å². The molecule has 0 amide bonds. The highest BCUT2D eigenvalue weighted by Gasteiger charge is 2.25. The zero-order valence-corrected chi connectivity index (χ0v) is 14.0. The van der Waals surface area contributed by atoms with Crippen molar-refractivity contribution in [1.29, 1.82) is 0 Å². The molecule has 1 saturated heterocycles. The maximum absolute atomic E-state index is 5.65. The van der Waals surface area contributed by atoms with E-state index in [0.29, 0.717) is 0 Å². The third-order valence-corrected chi connectivity index (χ3v) is 4.21. The van der Waals surface area contributed by atoms with Crippen LogP contribution < -0.4 is 10.6 Å². The molecule has 1 atom stereocenters. The van der Waals surface area contributed by atoms with Gasteiger partial charge in [0.25, 0.3) is 0 Å². The summed E-state index contributed by atoms with van der Waals surface area (Å²) in [6.45, 7) is 6.31. The van der Waals surface area contributed by atoms with E-state index in [-0.39, 0.29) is 6.04 Å². The average molecular weight is 306 g/mol. The summed E-state index contributed by atoms with van der Waals surface area (Å²) in [6, 6.07) is 4.32. The molecule has 1 fully saturated rings. The second kappa shape index (κ2) is 9.51. The van der Waals surface area contributed by atoms with Crippen LogP contribution >= 0.6 is 0 Å². The molecular formula is C17H30N4O. The number of hydrogen-bond acceptors (Lipinski definition) is 3. The minimum atomic E-state index is 0.284. The molecule has 2 heterocycles. The number of unbranched alkanes of at least 4 members (excludes halogenated alkanes) is 2. The molecule has 5 heteroatoms. The van der Waals surface area contributed by atoms with Crippen LogP contribution in [-0.2, 0) is 0 Å². The fraction of sp³-hybridized carbons (Fsp3) is 0.706. The van der Waals surface area contributed by atoms with Gasteiger partial charge in [-0.3, -0.25) is 9.89 Å². The lowest BCUT2D eigenvalue weighted by atomic mass is 10.2. The Morgan fingerprint density at radius 1 is 1.32 bits per heavy atom. The van der Waals surface area contributed by atoms with Crippen molar-refractivity contribution in [2.45, 2.75) is 45.1 Å². The van der Waals surface area contributed by atoms with Crippen molar-refractivity contribution >= 4 is 5.96 Å². The fourth-order valence-electron chi connectivity index (χ4n) is 2.94. The summed E-state index contributed by atoms with van der Waals surface area (Å²) in [6.07, 6.45) is 8.00. The molecule has 0 radical (unpaired) electrons. The molecule has 2 N–H and O–H groups in total. The first-order valence-electron chi connectivity index (χ1n) is 8.57. The number of rotatable bonds is 8. The lowest BCUT2D eigenvalue weighted by molar-refractivity contribution is 0.215. The van der Waals surface area contributed by atoms with Gasteiger partial charge in [-0.25, -0.2) is 0 Å². The second-order valence-corrected chi connectivity index (χ2v) is 5.86. The van der Waals surface area contributed by atoms with Gasteiger partial charge < -0.3 is 15.1 Å². The first-order chi connectivity index (χ1) is 10.8. The van der Waals surface area contributed by atoms with Crippen LogP contribution in [0.2, 0.25) is 0 Å². The largest absolute Gasteiger partial charge is 0.468 e. The second-order valence-electron chi connectivity index (χ2n) is 5.86. The van der Waals surface area contributed by atoms with Crippen molar-refractivity contribution in [3.8, 4) is 0 Å². The van der Waals surface area contributed by atoms with Gasteiger partial charge in [0.15, 0.2) is 5.96 Å². The molecule has 0 aliphatic carbocycles. The van der Waals surface area contributed by atoms with Crippen molar-refractivity contribution in [2.75, 3.05) is 33.2 Å². The van der Waals surface area contributed by atoms with Crippen LogP contribution in [0, 0.1) is 0 Å². The van der Waals surface area contributed by atoms with Gasteiger partial charge >= 0.3 is 0 Å². The standard InChI is InChI=1S/C17H30N4O/c1-3-4-5-10-19-17(18-2)20-14-15(16-9-8-13-22-16)21-11-6-7-12-21/h8-9,13,15H,3-7,10-12,14H2,1-2H3,(H2,18,19,20). The van der Waals surface area contributed by atoms with Crippen molar-refractivity contribution in [2.24, 2.45) is 4.99 Å². The molecule has 1 unspecified atom stereocenters. The number of nitrogens with zero attached hydrogens (tertiary/aromatic N) is 2. The number of aliphatic imine (C=N–C) groups is 1. The van der Waals surface area contributed by atoms with Crippen LogP contribution in [0.4, 0.5) is 0 Å². The molecule has 5 nitrogen and oxygen atoms in total. The highest BCUT2D eigenvalue weighted by atomic mass is 16.3. The summed E-state index contributed by atoms with van der Waals surface area (Å²) in [5.74, 6) is 1.92. The Labute approximate surface area is 134 Å². The quantitative estimate of drug-likeness (QED) is 0.440. The first kappa shape index (κ1) is 16.9. The molecule has 0 saturated carbocycles. The lowest BCUT2D eigenvalue weighted by Crippen LogP contribution is -2.42. The Morgan fingerprint density at radius 2 is 2.14 bits per heavy atom. The SMILES string of the molecule is CCCCCNC(=NC)NCC(c1ccco1)N1CCCC1. The van der Waals surface area contributed by atoms with Gasteiger partial charge in [-0.15, -0.1) is 0 Å². The summed E-state index contributed by atoms with van der Waals surface area (Å²) in [4.78, 5) is 6.81. The van der Waals surface area contributed by atoms with E-state index >= 15 is 0 Å². The van der Waals surface area contributed by atoms with Gasteiger partial charge in [0, 0.05) is 20.1 Å². The van der Waals surface area contributed by atoms with Crippen molar-refractivity contribution in [1.82, 2.24) is 15.5 Å². The van der Waals surface area contributed by atoms with Gasteiger partial charge in [-0.05, 0) is 44.5 Å². The zero-order valence-electron chi connectivity index (χ0n) is 14.0. The summed E-state index contributed by atoms with van der Waals surface area (Å²) < 4.78 is 5.65. The van der Waals surface area contributed by atoms with Crippen LogP contribution in [0.3, 0.4) is 0 Å². The topological polar surface area (TPSA) is 52.8 Å². The van der Waals surface area contributed by atoms with Gasteiger partial charge in [0.05, 0.1) is 12.3 Å². The normalized spacial score (nSPS) is 17.6. The van der Waals surface area contributed by atoms with Crippen LogP contribution in [0.15, 0.2) is 27.8 Å². The van der Waals surface area contributed by atoms with E-state index in [4.69, 9.17) is 4.42 Å². The highest BCUT2D eigenvalue weighted by Crippen LogP contribution is 2.24. The average Bonchev–Trinajstić information content (AvgIpc) is 3.23. The summed E-state index contributed by atoms with van der Waals surface area (Å²) >= 11 is 0. The number of hydrogen-bond donors (Lipinski definition) is 2. The zero-order chi connectivity index (χ0) is 15.6. The summed E-state index contributed by atoms with van der Waals surface area (Å²) in [5.41, 5.74) is 0. The van der Waals surface area contributed by atoms with E-state index in [9.17, 15) is 0 Å². The molecule has 1 aliphatic rings. The molecule has 0 aromatic carbocycles. The predicted molar refractivity (Wildman–Crippen MR) is 91.1 cm³/mol. The van der Waals surface area contributed by atoms with E-state index in [1.54, 1.807) is 6.26 Å². The van der Waals surface area contributed by atoms with Crippen LogP contribution in [0.1, 0.15) is 50.8 Å². The van der Waals surface area contributed by atoms with Crippen LogP contribution in [0.5, 0.6) is 0 Å². The smallest absolute Gasteiger partial charge is 0.191 e. The maximum Gasteiger partial charge on any atom is 0.191 e. The van der Waals surface area contributed by atoms with Crippen LogP contribution in [-0.4, -0.2) is 44.1 Å². The lowest BCUT2D eigenvalue weighted by Gasteiger charge is -2.26. The third kappa shape index (κ3) is 5.05. The maximum atomic E-state index is 5.65. The minimum Gasteiger partial charge on any atom is -0.468 e. The van der Waals surface area contributed by atoms with E-state index < -0.39 is 0 Å². The fourth-order valence-corrected chi connectivity index (χ4v) is 2.94. The Kier molecular flexibility index (Phi) is 7.30. The molecule has 1 aromatic rings. The van der Waals surface area contributed by atoms with E-state index in [0.717, 1.165) is 37.9 Å². The van der Waals surface area contributed by atoms with E-state index in [2.05, 4.69) is 33.5 Å². The Morgan fingerprint density at radius 3 is 2.77 bits per heavy atom. The molecular weight excluding hydrogens is 276 g/mol. The third-order valence-electron chi connectivity index (χ3n) is 4.21. The molecule has 1 aliphatic heterocycles. The van der Waals surface area contributed by atoms with Gasteiger partial charge in [0.2, 0.25) is 0 Å². The monoisotopic (exact) mass is 306 g/mol. The minimum absolute atomic E-state index is 0.284.